The molecule has 0 spiro atoms. The molecule has 2 heterocycles. The van der Waals surface area contributed by atoms with Gasteiger partial charge in [0.2, 0.25) is 0 Å². The Morgan fingerprint density at radius 1 is 0.929 bits per heavy atom. The number of pyridine rings is 1. The predicted molar refractivity (Wildman–Crippen MR) is 114 cm³/mol. The smallest absolute Gasteiger partial charge is 0.308 e. The predicted octanol–water partition coefficient (Wildman–Crippen LogP) is 5.57. The van der Waals surface area contributed by atoms with Crippen LogP contribution in [0.3, 0.4) is 0 Å². The van der Waals surface area contributed by atoms with Gasteiger partial charge >= 0.3 is 6.03 Å². The van der Waals surface area contributed by atoms with Crippen molar-refractivity contribution in [3.63, 3.8) is 0 Å². The molecule has 0 saturated heterocycles. The molecule has 0 saturated carbocycles. The minimum absolute atomic E-state index is 0.267. The summed E-state index contributed by atoms with van der Waals surface area (Å²) in [5.74, 6) is 0. The fourth-order valence-corrected chi connectivity index (χ4v) is 3.20. The summed E-state index contributed by atoms with van der Waals surface area (Å²) in [6.07, 6.45) is 3.98. The maximum Gasteiger partial charge on any atom is 0.323 e. The molecule has 0 aliphatic rings. The van der Waals surface area contributed by atoms with Crippen LogP contribution in [0.1, 0.15) is 16.7 Å². The first-order chi connectivity index (χ1) is 13.5. The lowest BCUT2D eigenvalue weighted by Gasteiger charge is -2.11. The van der Waals surface area contributed by atoms with E-state index in [1.54, 1.807) is 0 Å². The number of hydrogen-bond donors (Lipinski definition) is 2. The quantitative estimate of drug-likeness (QED) is 0.495. The third-order valence-corrected chi connectivity index (χ3v) is 4.74. The van der Waals surface area contributed by atoms with Crippen LogP contribution >= 0.6 is 0 Å². The van der Waals surface area contributed by atoms with Crippen LogP contribution in [0.15, 0.2) is 67.0 Å². The molecule has 0 radical (unpaired) electrons. The summed E-state index contributed by atoms with van der Waals surface area (Å²) < 4.78 is 2.01. The van der Waals surface area contributed by atoms with Gasteiger partial charge in [0.05, 0.1) is 5.69 Å². The van der Waals surface area contributed by atoms with E-state index in [0.29, 0.717) is 5.69 Å². The highest BCUT2D eigenvalue weighted by atomic mass is 16.2. The molecular formula is C23H22N4O. The third kappa shape index (κ3) is 3.60. The molecule has 2 aromatic heterocycles. The number of imidazole rings is 1. The molecule has 4 rings (SSSR count). The lowest BCUT2D eigenvalue weighted by Crippen LogP contribution is -2.20. The Bertz CT molecular complexity index is 1180. The van der Waals surface area contributed by atoms with E-state index in [1.807, 2.05) is 92.2 Å². The number of urea groups is 1. The zero-order chi connectivity index (χ0) is 19.7. The number of anilines is 2. The first kappa shape index (κ1) is 17.8. The molecule has 2 N–H and O–H groups in total. The minimum atomic E-state index is -0.267. The van der Waals surface area contributed by atoms with Crippen LogP contribution in [0.2, 0.25) is 0 Å². The molecule has 2 amide bonds. The number of amides is 2. The van der Waals surface area contributed by atoms with Crippen LogP contribution in [-0.4, -0.2) is 15.4 Å². The SMILES string of the molecule is Cc1ccc(C)c(NC(=O)Nc2cccc(-c3cn4cccc(C)c4n3)c2)c1. The van der Waals surface area contributed by atoms with Crippen molar-refractivity contribution in [2.75, 3.05) is 10.6 Å². The van der Waals surface area contributed by atoms with Gasteiger partial charge in [-0.1, -0.05) is 30.3 Å². The maximum atomic E-state index is 12.4. The summed E-state index contributed by atoms with van der Waals surface area (Å²) in [6, 6.07) is 17.5. The van der Waals surface area contributed by atoms with E-state index in [9.17, 15) is 4.79 Å². The van der Waals surface area contributed by atoms with Crippen molar-refractivity contribution < 1.29 is 4.79 Å². The van der Waals surface area contributed by atoms with Crippen molar-refractivity contribution in [2.45, 2.75) is 20.8 Å². The molecule has 0 aliphatic carbocycles. The number of carbonyl (C=O) groups excluding carboxylic acids is 1. The Balaban J connectivity index is 1.55. The van der Waals surface area contributed by atoms with Crippen molar-refractivity contribution in [2.24, 2.45) is 0 Å². The lowest BCUT2D eigenvalue weighted by atomic mass is 10.1. The molecule has 4 aromatic rings. The molecule has 28 heavy (non-hydrogen) atoms. The van der Waals surface area contributed by atoms with Crippen molar-refractivity contribution in [3.8, 4) is 11.3 Å². The van der Waals surface area contributed by atoms with Crippen molar-refractivity contribution in [1.82, 2.24) is 9.38 Å². The second-order valence-electron chi connectivity index (χ2n) is 7.03. The number of fused-ring (bicyclic) bond motifs is 1. The van der Waals surface area contributed by atoms with Crippen molar-refractivity contribution >= 4 is 23.1 Å². The van der Waals surface area contributed by atoms with Gasteiger partial charge in [0.25, 0.3) is 0 Å². The Kier molecular flexibility index (Phi) is 4.57. The highest BCUT2D eigenvalue weighted by Crippen LogP contribution is 2.24. The van der Waals surface area contributed by atoms with Crippen LogP contribution in [0.25, 0.3) is 16.9 Å². The molecule has 0 fully saturated rings. The zero-order valence-corrected chi connectivity index (χ0v) is 16.2. The topological polar surface area (TPSA) is 58.4 Å². The highest BCUT2D eigenvalue weighted by molar-refractivity contribution is 6.00. The number of aryl methyl sites for hydroxylation is 3. The normalized spacial score (nSPS) is 10.8. The van der Waals surface area contributed by atoms with Crippen molar-refractivity contribution in [3.05, 3.63) is 83.7 Å². The van der Waals surface area contributed by atoms with Crippen LogP contribution in [0.4, 0.5) is 16.2 Å². The molecule has 5 heteroatoms. The van der Waals surface area contributed by atoms with Gasteiger partial charge in [0.15, 0.2) is 0 Å². The Morgan fingerprint density at radius 2 is 1.79 bits per heavy atom. The summed E-state index contributed by atoms with van der Waals surface area (Å²) in [5, 5.41) is 5.83. The number of aromatic nitrogens is 2. The molecule has 0 atom stereocenters. The van der Waals surface area contributed by atoms with E-state index in [-0.39, 0.29) is 6.03 Å². The molecule has 0 bridgehead atoms. The van der Waals surface area contributed by atoms with E-state index < -0.39 is 0 Å². The van der Waals surface area contributed by atoms with Gasteiger partial charge in [-0.3, -0.25) is 0 Å². The fourth-order valence-electron chi connectivity index (χ4n) is 3.20. The number of hydrogen-bond acceptors (Lipinski definition) is 2. The largest absolute Gasteiger partial charge is 0.323 e. The number of nitrogens with zero attached hydrogens (tertiary/aromatic N) is 2. The second kappa shape index (κ2) is 7.19. The minimum Gasteiger partial charge on any atom is -0.308 e. The van der Waals surface area contributed by atoms with Crippen LogP contribution < -0.4 is 10.6 Å². The first-order valence-corrected chi connectivity index (χ1v) is 9.19. The van der Waals surface area contributed by atoms with Crippen molar-refractivity contribution in [1.29, 1.82) is 0 Å². The van der Waals surface area contributed by atoms with Crippen LogP contribution in [-0.2, 0) is 0 Å². The molecule has 0 unspecified atom stereocenters. The van der Waals surface area contributed by atoms with Gasteiger partial charge in [0.1, 0.15) is 5.65 Å². The standard InChI is InChI=1S/C23H22N4O/c1-15-9-10-16(2)20(12-15)26-23(28)24-19-8-4-7-18(13-19)21-14-27-11-5-6-17(3)22(27)25-21/h4-14H,1-3H3,(H2,24,26,28). The van der Waals surface area contributed by atoms with Gasteiger partial charge in [-0.05, 0) is 61.7 Å². The summed E-state index contributed by atoms with van der Waals surface area (Å²) in [5.41, 5.74) is 7.53. The summed E-state index contributed by atoms with van der Waals surface area (Å²) in [4.78, 5) is 17.2. The van der Waals surface area contributed by atoms with Crippen LogP contribution in [0, 0.1) is 20.8 Å². The van der Waals surface area contributed by atoms with Gasteiger partial charge < -0.3 is 15.0 Å². The third-order valence-electron chi connectivity index (χ3n) is 4.74. The fraction of sp³-hybridized carbons (Fsp3) is 0.130. The van der Waals surface area contributed by atoms with Crippen LogP contribution in [0.5, 0.6) is 0 Å². The molecule has 0 aliphatic heterocycles. The van der Waals surface area contributed by atoms with E-state index in [0.717, 1.165) is 39.3 Å². The number of nitrogens with one attached hydrogen (secondary N) is 2. The number of rotatable bonds is 3. The summed E-state index contributed by atoms with van der Waals surface area (Å²) in [7, 11) is 0. The lowest BCUT2D eigenvalue weighted by molar-refractivity contribution is 0.262. The Labute approximate surface area is 164 Å². The number of carbonyl (C=O) groups is 1. The number of benzene rings is 2. The molecule has 2 aromatic carbocycles. The molecule has 5 nitrogen and oxygen atoms in total. The highest BCUT2D eigenvalue weighted by Gasteiger charge is 2.09. The average Bonchev–Trinajstić information content (AvgIpc) is 3.11. The van der Waals surface area contributed by atoms with E-state index in [4.69, 9.17) is 4.98 Å². The Hall–Kier alpha value is -3.60. The van der Waals surface area contributed by atoms with Gasteiger partial charge in [0, 0.05) is 29.3 Å². The molecular weight excluding hydrogens is 348 g/mol. The monoisotopic (exact) mass is 370 g/mol. The van der Waals surface area contributed by atoms with Gasteiger partial charge in [-0.2, -0.15) is 0 Å². The van der Waals surface area contributed by atoms with E-state index in [2.05, 4.69) is 10.6 Å². The summed E-state index contributed by atoms with van der Waals surface area (Å²) >= 11 is 0. The Morgan fingerprint density at radius 3 is 2.61 bits per heavy atom. The van der Waals surface area contributed by atoms with E-state index >= 15 is 0 Å². The van der Waals surface area contributed by atoms with E-state index in [1.165, 1.54) is 0 Å². The van der Waals surface area contributed by atoms with Gasteiger partial charge in [-0.25, -0.2) is 9.78 Å². The first-order valence-electron chi connectivity index (χ1n) is 9.19. The average molecular weight is 370 g/mol. The second-order valence-corrected chi connectivity index (χ2v) is 7.03. The van der Waals surface area contributed by atoms with Gasteiger partial charge in [-0.15, -0.1) is 0 Å². The zero-order valence-electron chi connectivity index (χ0n) is 16.2. The molecule has 140 valence electrons. The maximum absolute atomic E-state index is 12.4. The summed E-state index contributed by atoms with van der Waals surface area (Å²) in [6.45, 7) is 6.02.